The molecule has 1 heterocycles. The molecule has 0 atom stereocenters. The third-order valence-corrected chi connectivity index (χ3v) is 6.28. The van der Waals surface area contributed by atoms with Crippen molar-refractivity contribution in [1.29, 1.82) is 0 Å². The van der Waals surface area contributed by atoms with Crippen LogP contribution in [0.3, 0.4) is 0 Å². The van der Waals surface area contributed by atoms with Gasteiger partial charge in [0, 0.05) is 31.2 Å². The van der Waals surface area contributed by atoms with Gasteiger partial charge in [-0.15, -0.1) is 0 Å². The van der Waals surface area contributed by atoms with Gasteiger partial charge in [-0.25, -0.2) is 18.4 Å². The SMILES string of the molecule is CCN(CC)CCOc1ccc(NS(=O)(=O)c2cccc(CNc3ncccn3)c2)cc1. The number of sulfonamides is 1. The van der Waals surface area contributed by atoms with Crippen LogP contribution in [-0.2, 0) is 16.6 Å². The lowest BCUT2D eigenvalue weighted by Gasteiger charge is -2.18. The molecule has 0 spiro atoms. The van der Waals surface area contributed by atoms with Gasteiger partial charge in [0.05, 0.1) is 4.90 Å². The van der Waals surface area contributed by atoms with E-state index in [1.807, 2.05) is 6.07 Å². The van der Waals surface area contributed by atoms with E-state index in [1.165, 1.54) is 0 Å². The zero-order valence-electron chi connectivity index (χ0n) is 18.4. The molecule has 0 bridgehead atoms. The molecule has 0 saturated carbocycles. The van der Waals surface area contributed by atoms with Crippen LogP contribution >= 0.6 is 0 Å². The maximum atomic E-state index is 12.8. The third kappa shape index (κ3) is 6.93. The zero-order chi connectivity index (χ0) is 22.8. The van der Waals surface area contributed by atoms with Crippen molar-refractivity contribution in [3.05, 3.63) is 72.6 Å². The van der Waals surface area contributed by atoms with Crippen LogP contribution in [0, 0.1) is 0 Å². The molecule has 0 amide bonds. The smallest absolute Gasteiger partial charge is 0.261 e. The molecule has 0 saturated heterocycles. The van der Waals surface area contributed by atoms with Gasteiger partial charge in [-0.1, -0.05) is 26.0 Å². The molecule has 0 aliphatic rings. The Morgan fingerprint density at radius 3 is 2.38 bits per heavy atom. The van der Waals surface area contributed by atoms with E-state index in [2.05, 4.69) is 38.8 Å². The van der Waals surface area contributed by atoms with Crippen molar-refractivity contribution in [2.24, 2.45) is 0 Å². The Morgan fingerprint density at radius 2 is 1.69 bits per heavy atom. The summed E-state index contributed by atoms with van der Waals surface area (Å²) in [5, 5.41) is 3.07. The van der Waals surface area contributed by atoms with Crippen molar-refractivity contribution in [2.45, 2.75) is 25.3 Å². The van der Waals surface area contributed by atoms with Crippen LogP contribution in [0.4, 0.5) is 11.6 Å². The lowest BCUT2D eigenvalue weighted by atomic mass is 10.2. The molecule has 8 nitrogen and oxygen atoms in total. The quantitative estimate of drug-likeness (QED) is 0.431. The van der Waals surface area contributed by atoms with Gasteiger partial charge in [0.25, 0.3) is 10.0 Å². The summed E-state index contributed by atoms with van der Waals surface area (Å²) in [5.41, 5.74) is 1.28. The molecular weight excluding hydrogens is 426 g/mol. The van der Waals surface area contributed by atoms with Crippen molar-refractivity contribution in [1.82, 2.24) is 14.9 Å². The lowest BCUT2D eigenvalue weighted by molar-refractivity contribution is 0.223. The Bertz CT molecular complexity index is 1070. The maximum Gasteiger partial charge on any atom is 0.261 e. The zero-order valence-corrected chi connectivity index (χ0v) is 19.2. The maximum absolute atomic E-state index is 12.8. The Morgan fingerprint density at radius 1 is 0.969 bits per heavy atom. The van der Waals surface area contributed by atoms with E-state index in [0.717, 1.165) is 25.2 Å². The van der Waals surface area contributed by atoms with Crippen molar-refractivity contribution < 1.29 is 13.2 Å². The number of anilines is 2. The Labute approximate surface area is 189 Å². The number of benzene rings is 2. The Kier molecular flexibility index (Phi) is 8.41. The highest BCUT2D eigenvalue weighted by molar-refractivity contribution is 7.92. The number of rotatable bonds is 12. The molecule has 0 radical (unpaired) electrons. The van der Waals surface area contributed by atoms with Gasteiger partial charge < -0.3 is 15.0 Å². The lowest BCUT2D eigenvalue weighted by Crippen LogP contribution is -2.27. The first kappa shape index (κ1) is 23.5. The fourth-order valence-electron chi connectivity index (χ4n) is 3.06. The van der Waals surface area contributed by atoms with Crippen molar-refractivity contribution in [3.63, 3.8) is 0 Å². The van der Waals surface area contributed by atoms with E-state index >= 15 is 0 Å². The van der Waals surface area contributed by atoms with E-state index < -0.39 is 10.0 Å². The largest absolute Gasteiger partial charge is 0.492 e. The molecule has 0 fully saturated rings. The fourth-order valence-corrected chi connectivity index (χ4v) is 4.19. The van der Waals surface area contributed by atoms with E-state index in [-0.39, 0.29) is 4.90 Å². The Balaban J connectivity index is 1.58. The Hall–Kier alpha value is -3.17. The van der Waals surface area contributed by atoms with Crippen LogP contribution < -0.4 is 14.8 Å². The van der Waals surface area contributed by atoms with Crippen LogP contribution in [0.5, 0.6) is 5.75 Å². The molecule has 0 aliphatic carbocycles. The van der Waals surface area contributed by atoms with Gasteiger partial charge >= 0.3 is 0 Å². The van der Waals surface area contributed by atoms with Crippen LogP contribution in [0.2, 0.25) is 0 Å². The molecule has 170 valence electrons. The van der Waals surface area contributed by atoms with Crippen LogP contribution in [0.25, 0.3) is 0 Å². The standard InChI is InChI=1S/C23H29N5O3S/c1-3-28(4-2)15-16-31-21-11-9-20(10-12-21)27-32(29,30)22-8-5-7-19(17-22)18-26-23-24-13-6-14-25-23/h5-14,17,27H,3-4,15-16,18H2,1-2H3,(H,24,25,26). The van der Waals surface area contributed by atoms with Gasteiger partial charge in [0.1, 0.15) is 12.4 Å². The number of hydrogen-bond acceptors (Lipinski definition) is 7. The van der Waals surface area contributed by atoms with Gasteiger partial charge in [0.2, 0.25) is 5.95 Å². The summed E-state index contributed by atoms with van der Waals surface area (Å²) in [5.74, 6) is 1.19. The van der Waals surface area contributed by atoms with E-state index in [4.69, 9.17) is 4.74 Å². The molecule has 0 unspecified atom stereocenters. The van der Waals surface area contributed by atoms with Gasteiger partial charge in [-0.2, -0.15) is 0 Å². The first-order valence-corrected chi connectivity index (χ1v) is 12.1. The second kappa shape index (κ2) is 11.4. The number of ether oxygens (including phenoxy) is 1. The molecule has 1 aromatic heterocycles. The molecule has 2 aromatic carbocycles. The van der Waals surface area contributed by atoms with Crippen molar-refractivity contribution in [3.8, 4) is 5.75 Å². The minimum atomic E-state index is -3.72. The minimum absolute atomic E-state index is 0.185. The molecule has 9 heteroatoms. The molecule has 2 N–H and O–H groups in total. The van der Waals surface area contributed by atoms with Crippen LogP contribution in [-0.4, -0.2) is 49.5 Å². The fraction of sp³-hybridized carbons (Fsp3) is 0.304. The first-order chi connectivity index (χ1) is 15.5. The van der Waals surface area contributed by atoms with Gasteiger partial charge in [-0.05, 0) is 61.1 Å². The summed E-state index contributed by atoms with van der Waals surface area (Å²) in [6.07, 6.45) is 3.28. The van der Waals surface area contributed by atoms with Gasteiger partial charge in [0.15, 0.2) is 0 Å². The number of aromatic nitrogens is 2. The second-order valence-corrected chi connectivity index (χ2v) is 8.76. The summed E-state index contributed by atoms with van der Waals surface area (Å²) in [6, 6.07) is 15.4. The van der Waals surface area contributed by atoms with E-state index in [0.29, 0.717) is 30.5 Å². The molecule has 3 rings (SSSR count). The van der Waals surface area contributed by atoms with E-state index in [9.17, 15) is 8.42 Å². The number of hydrogen-bond donors (Lipinski definition) is 2. The summed E-state index contributed by atoms with van der Waals surface area (Å²) < 4.78 is 34.0. The molecular formula is C23H29N5O3S. The summed E-state index contributed by atoms with van der Waals surface area (Å²) in [4.78, 5) is 10.7. The third-order valence-electron chi connectivity index (χ3n) is 4.90. The number of likely N-dealkylation sites (N-methyl/N-ethyl adjacent to an activating group) is 1. The number of nitrogens with zero attached hydrogens (tertiary/aromatic N) is 3. The summed E-state index contributed by atoms with van der Waals surface area (Å²) >= 11 is 0. The second-order valence-electron chi connectivity index (χ2n) is 7.08. The topological polar surface area (TPSA) is 96.5 Å². The molecule has 3 aromatic rings. The van der Waals surface area contributed by atoms with Crippen molar-refractivity contribution in [2.75, 3.05) is 36.3 Å². The highest BCUT2D eigenvalue weighted by Gasteiger charge is 2.15. The normalized spacial score (nSPS) is 11.3. The minimum Gasteiger partial charge on any atom is -0.492 e. The monoisotopic (exact) mass is 455 g/mol. The van der Waals surface area contributed by atoms with E-state index in [1.54, 1.807) is 60.9 Å². The highest BCUT2D eigenvalue weighted by Crippen LogP contribution is 2.20. The highest BCUT2D eigenvalue weighted by atomic mass is 32.2. The summed E-state index contributed by atoms with van der Waals surface area (Å²) in [7, 11) is -3.72. The first-order valence-electron chi connectivity index (χ1n) is 10.6. The number of nitrogens with one attached hydrogen (secondary N) is 2. The van der Waals surface area contributed by atoms with Crippen LogP contribution in [0.15, 0.2) is 71.9 Å². The average Bonchev–Trinajstić information content (AvgIpc) is 2.82. The predicted molar refractivity (Wildman–Crippen MR) is 126 cm³/mol. The molecule has 32 heavy (non-hydrogen) atoms. The van der Waals surface area contributed by atoms with Crippen molar-refractivity contribution >= 4 is 21.7 Å². The average molecular weight is 456 g/mol. The predicted octanol–water partition coefficient (Wildman–Crippen LogP) is 3.61. The summed E-state index contributed by atoms with van der Waals surface area (Å²) in [6.45, 7) is 8.05. The van der Waals surface area contributed by atoms with Crippen LogP contribution in [0.1, 0.15) is 19.4 Å². The molecule has 0 aliphatic heterocycles. The van der Waals surface area contributed by atoms with Gasteiger partial charge in [-0.3, -0.25) is 4.72 Å².